The van der Waals surface area contributed by atoms with Gasteiger partial charge in [-0.2, -0.15) is 12.6 Å². The molecule has 3 rings (SSSR count). The summed E-state index contributed by atoms with van der Waals surface area (Å²) < 4.78 is 0. The molecular formula is C93H138N20O33S. The number of aliphatic hydroxyl groups is 4. The molecule has 0 saturated carbocycles. The van der Waals surface area contributed by atoms with Crippen molar-refractivity contribution in [2.45, 2.75) is 281 Å². The SMILES string of the molecule is CC[C@H](C)[C@H](NC(=O)[C@@H](NC(=O)[C@H](CC(C)C)NC(=O)[C@@H](NC(=O)[C@H](Cc1ccccc1)NC(=O)[C@@H](N)CC(=O)O)[C@@H](C)O)[C@@H](C)O)C(=O)N[C@@H](CO)C(=O)N[C@@H](CO)C(=O)N[C@@H](CC(C)C)C(=O)N[C@@H](CCC(N)=O)C(=O)N[C@@H](C)C(=O)N[C@@H](CCC(=O)O)C(=O)N[C@@H](CC(=O)O)C(=O)N[C@H](C(=O)N[C@@H](C)C(=O)NCC(=O)N[C@@H](Cc1ccc(O)cc1)C(=O)N[C@@H](Cc1ccc(O)cc1)C(=O)N[C@@H](CS)C(=O)O)C(C)C. The Morgan fingerprint density at radius 3 is 1.10 bits per heavy atom. The molecule has 0 spiro atoms. The van der Waals surface area contributed by atoms with E-state index in [-0.39, 0.29) is 55.8 Å². The number of aromatic hydroxyl groups is 2. The number of nitrogens with two attached hydrogens (primary N) is 2. The van der Waals surface area contributed by atoms with Crippen LogP contribution in [0.5, 0.6) is 11.5 Å². The van der Waals surface area contributed by atoms with Crippen molar-refractivity contribution in [2.75, 3.05) is 25.5 Å². The van der Waals surface area contributed by atoms with Crippen LogP contribution in [-0.2, 0) is 130 Å². The summed E-state index contributed by atoms with van der Waals surface area (Å²) in [5.41, 5.74) is 12.4. The maximum Gasteiger partial charge on any atom is 0.327 e. The lowest BCUT2D eigenvalue weighted by Gasteiger charge is -2.30. The molecule has 19 amide bonds. The number of hydrogen-bond acceptors (Lipinski definition) is 31. The Balaban J connectivity index is 1.79. The minimum atomic E-state index is -2.14. The molecule has 53 nitrogen and oxygen atoms in total. The van der Waals surface area contributed by atoms with E-state index in [4.69, 9.17) is 11.5 Å². The van der Waals surface area contributed by atoms with Crippen LogP contribution >= 0.6 is 12.6 Å². The zero-order chi connectivity index (χ0) is 111. The summed E-state index contributed by atoms with van der Waals surface area (Å²) in [6.07, 6.45) is -9.60. The monoisotopic (exact) mass is 2090 g/mol. The average molecular weight is 2100 g/mol. The van der Waals surface area contributed by atoms with Gasteiger partial charge >= 0.3 is 23.9 Å². The first-order valence-electron chi connectivity index (χ1n) is 47.0. The van der Waals surface area contributed by atoms with Gasteiger partial charge < -0.3 is 158 Å². The summed E-state index contributed by atoms with van der Waals surface area (Å²) in [4.78, 5) is 311. The quantitative estimate of drug-likeness (QED) is 0.0233. The van der Waals surface area contributed by atoms with Gasteiger partial charge in [-0.3, -0.25) is 105 Å². The second-order valence-electron chi connectivity index (χ2n) is 36.3. The smallest absolute Gasteiger partial charge is 0.327 e. The topological polar surface area (TPSA) is 863 Å². The number of phenols is 2. The molecule has 0 aromatic heterocycles. The predicted octanol–water partition coefficient (Wildman–Crippen LogP) is -8.51. The standard InChI is InChI=1S/C93H138N20O33S/c1-13-45(8)73(111-92(144)75(49(12)117)113-84(136)59(32-43(4)5)106-91(143)74(48(11)116)112-85(137)62(33-50-17-15-14-16-18-50)102-78(130)55(94)36-70(124)125)90(142)108-65(40-115)88(140)107-64(39-114)87(139)103-58(31-42(2)3)81(133)101-56(27-29-67(95)120)79(131)97-47(10)77(129)100-57(28-30-69(122)123)80(132)105-63(37-71(126)127)86(138)110-72(44(6)7)89(141)98-46(9)76(128)96-38-68(121)99-60(34-51-19-23-53(118)24-20-51)82(134)104-61(35-52-21-25-54(119)26-22-52)83(135)109-66(41-147)93(145)146/h14-26,42-49,55-66,72-75,114-119,147H,13,27-41,94H2,1-12H3,(H2,95,120)(H,96,128)(H,97,131)(H,98,141)(H,99,121)(H,100,129)(H,101,133)(H,102,130)(H,103,139)(H,104,134)(H,105,132)(H,106,143)(H,107,140)(H,108,142)(H,109,135)(H,110,138)(H,111,144)(H,112,137)(H,113,136)(H,122,123)(H,124,125)(H,126,127)(H,145,146)/t45-,46-,47-,48+,49+,55-,56-,57-,58-,59-,60-,61-,62-,63-,64-,65-,66-,72-,73-,74-,75-/m0/s1. The molecule has 54 heteroatoms. The first-order chi connectivity index (χ1) is 68.8. The highest BCUT2D eigenvalue weighted by Crippen LogP contribution is 2.19. The van der Waals surface area contributed by atoms with E-state index in [1.54, 1.807) is 65.0 Å². The number of aliphatic hydroxyl groups excluding tert-OH is 4. The second-order valence-corrected chi connectivity index (χ2v) is 36.6. The van der Waals surface area contributed by atoms with Gasteiger partial charge in [-0.15, -0.1) is 0 Å². The van der Waals surface area contributed by atoms with Gasteiger partial charge in [-0.25, -0.2) is 4.79 Å². The van der Waals surface area contributed by atoms with Gasteiger partial charge in [-0.1, -0.05) is 116 Å². The van der Waals surface area contributed by atoms with E-state index in [0.717, 1.165) is 27.7 Å². The van der Waals surface area contributed by atoms with Crippen LogP contribution in [0, 0.1) is 23.7 Å². The summed E-state index contributed by atoms with van der Waals surface area (Å²) in [7, 11) is 0. The molecule has 0 aliphatic heterocycles. The first kappa shape index (κ1) is 126. The summed E-state index contributed by atoms with van der Waals surface area (Å²) in [6.45, 7) is 13.3. The molecule has 0 radical (unpaired) electrons. The van der Waals surface area contributed by atoms with E-state index in [9.17, 15) is 161 Å². The second kappa shape index (κ2) is 62.8. The Bertz CT molecular complexity index is 5060. The van der Waals surface area contributed by atoms with E-state index < -0.39 is 339 Å². The average Bonchev–Trinajstić information content (AvgIpc) is 0.812. The number of carbonyl (C=O) groups excluding carboxylic acids is 19. The van der Waals surface area contributed by atoms with Gasteiger partial charge in [0.2, 0.25) is 112 Å². The Kier molecular flexibility index (Phi) is 54.0. The van der Waals surface area contributed by atoms with Crippen LogP contribution in [0.25, 0.3) is 0 Å². The highest BCUT2D eigenvalue weighted by Gasteiger charge is 2.42. The molecular weight excluding hydrogens is 1960 g/mol. The highest BCUT2D eigenvalue weighted by molar-refractivity contribution is 7.80. The van der Waals surface area contributed by atoms with Crippen molar-refractivity contribution >= 4 is 149 Å². The number of hydrogen-bond donors (Lipinski definition) is 31. The third-order valence-electron chi connectivity index (χ3n) is 22.5. The summed E-state index contributed by atoms with van der Waals surface area (Å²) in [6, 6.07) is -12.5. The van der Waals surface area contributed by atoms with E-state index in [1.165, 1.54) is 69.3 Å². The number of aliphatic carboxylic acids is 4. The number of amides is 19. The number of carboxylic acid groups (broad SMARTS) is 4. The van der Waals surface area contributed by atoms with Gasteiger partial charge in [0.15, 0.2) is 0 Å². The molecule has 0 heterocycles. The zero-order valence-electron chi connectivity index (χ0n) is 83.1. The molecule has 814 valence electrons. The summed E-state index contributed by atoms with van der Waals surface area (Å²) in [5, 5.41) is 143. The summed E-state index contributed by atoms with van der Waals surface area (Å²) in [5.74, 6) is -31.5. The maximum atomic E-state index is 14.3. The van der Waals surface area contributed by atoms with Crippen molar-refractivity contribution in [3.63, 3.8) is 0 Å². The minimum Gasteiger partial charge on any atom is -0.508 e. The largest absolute Gasteiger partial charge is 0.508 e. The van der Waals surface area contributed by atoms with Gasteiger partial charge in [0.1, 0.15) is 114 Å². The molecule has 3 aromatic rings. The van der Waals surface area contributed by atoms with Crippen molar-refractivity contribution in [3.05, 3.63) is 95.6 Å². The normalized spacial score (nSPS) is 15.5. The van der Waals surface area contributed by atoms with Crippen LogP contribution in [0.2, 0.25) is 0 Å². The lowest BCUT2D eigenvalue weighted by atomic mass is 9.97. The molecule has 0 unspecified atom stereocenters. The predicted molar refractivity (Wildman–Crippen MR) is 521 cm³/mol. The van der Waals surface area contributed by atoms with E-state index in [2.05, 4.69) is 108 Å². The van der Waals surface area contributed by atoms with Crippen molar-refractivity contribution in [1.29, 1.82) is 0 Å². The number of carbonyl (C=O) groups is 23. The van der Waals surface area contributed by atoms with E-state index >= 15 is 0 Å². The molecule has 0 saturated heterocycles. The molecule has 0 fully saturated rings. The zero-order valence-corrected chi connectivity index (χ0v) is 84.0. The van der Waals surface area contributed by atoms with Crippen LogP contribution in [0.1, 0.15) is 158 Å². The molecule has 0 bridgehead atoms. The van der Waals surface area contributed by atoms with Crippen molar-refractivity contribution in [3.8, 4) is 11.5 Å². The summed E-state index contributed by atoms with van der Waals surface area (Å²) >= 11 is 3.98. The molecule has 0 aliphatic carbocycles. The third-order valence-corrected chi connectivity index (χ3v) is 22.9. The Labute approximate surface area is 850 Å². The Hall–Kier alpha value is -14.8. The fraction of sp³-hybridized carbons (Fsp3) is 0.559. The lowest BCUT2D eigenvalue weighted by Crippen LogP contribution is -2.64. The number of rotatable bonds is 65. The van der Waals surface area contributed by atoms with E-state index in [0.29, 0.717) is 16.7 Å². The van der Waals surface area contributed by atoms with Gasteiger partial charge in [-0.05, 0) is 118 Å². The van der Waals surface area contributed by atoms with Crippen molar-refractivity contribution in [1.82, 2.24) is 95.7 Å². The number of phenolic OH excluding ortho intramolecular Hbond substituents is 2. The van der Waals surface area contributed by atoms with E-state index in [1.807, 2.05) is 0 Å². The Morgan fingerprint density at radius 2 is 0.660 bits per heavy atom. The Morgan fingerprint density at radius 1 is 0.333 bits per heavy atom. The van der Waals surface area contributed by atoms with Gasteiger partial charge in [0.25, 0.3) is 0 Å². The van der Waals surface area contributed by atoms with Crippen LogP contribution in [-0.4, -0.2) is 334 Å². The molecule has 32 N–H and O–H groups in total. The third kappa shape index (κ3) is 45.2. The minimum absolute atomic E-state index is 0.105. The molecule has 147 heavy (non-hydrogen) atoms. The number of primary amides is 1. The number of nitrogens with one attached hydrogen (secondary N) is 18. The van der Waals surface area contributed by atoms with Crippen LogP contribution in [0.15, 0.2) is 78.9 Å². The van der Waals surface area contributed by atoms with Gasteiger partial charge in [0, 0.05) is 37.9 Å². The van der Waals surface area contributed by atoms with Crippen molar-refractivity contribution in [2.24, 2.45) is 35.1 Å². The fourth-order valence-corrected chi connectivity index (χ4v) is 14.3. The molecule has 3 aromatic carbocycles. The molecule has 0 aliphatic rings. The number of thiol groups is 1. The lowest BCUT2D eigenvalue weighted by molar-refractivity contribution is -0.142. The number of benzene rings is 3. The first-order valence-corrected chi connectivity index (χ1v) is 47.6. The van der Waals surface area contributed by atoms with Crippen LogP contribution in [0.4, 0.5) is 0 Å². The fourth-order valence-electron chi connectivity index (χ4n) is 14.0. The van der Waals surface area contributed by atoms with Crippen molar-refractivity contribution < 1.29 is 161 Å². The molecule has 21 atom stereocenters. The van der Waals surface area contributed by atoms with Crippen LogP contribution in [0.3, 0.4) is 0 Å². The van der Waals surface area contributed by atoms with Gasteiger partial charge in [0.05, 0.1) is 50.8 Å². The number of carboxylic acids is 4. The maximum absolute atomic E-state index is 14.3. The van der Waals surface area contributed by atoms with Crippen LogP contribution < -0.4 is 107 Å². The highest BCUT2D eigenvalue weighted by atomic mass is 32.1.